The van der Waals surface area contributed by atoms with Gasteiger partial charge in [-0.25, -0.2) is 0 Å². The zero-order chi connectivity index (χ0) is 11.6. The molecule has 1 heterocycles. The van der Waals surface area contributed by atoms with Crippen LogP contribution < -0.4 is 0 Å². The molecule has 15 heavy (non-hydrogen) atoms. The van der Waals surface area contributed by atoms with Gasteiger partial charge in [0, 0.05) is 13.5 Å². The van der Waals surface area contributed by atoms with Crippen LogP contribution in [0.1, 0.15) is 33.6 Å². The number of Topliss-reactive ketones (excluding diaryl/α,β-unsaturated/α-hetero) is 2. The van der Waals surface area contributed by atoms with Gasteiger partial charge >= 0.3 is 0 Å². The highest BCUT2D eigenvalue weighted by atomic mass is 16.2. The monoisotopic (exact) mass is 211 g/mol. The number of likely N-dealkylation sites (tertiary alicyclic amines) is 1. The van der Waals surface area contributed by atoms with Crippen LogP contribution in [0, 0.1) is 5.92 Å². The number of hydrogen-bond donors (Lipinski definition) is 0. The Kier molecular flexibility index (Phi) is 3.61. The predicted octanol–water partition coefficient (Wildman–Crippen LogP) is 0.791. The van der Waals surface area contributed by atoms with Gasteiger partial charge < -0.3 is 4.90 Å². The molecule has 0 spiro atoms. The molecule has 1 aliphatic rings. The summed E-state index contributed by atoms with van der Waals surface area (Å²) in [4.78, 5) is 35.5. The second kappa shape index (κ2) is 4.55. The maximum Gasteiger partial charge on any atom is 0.290 e. The highest BCUT2D eigenvalue weighted by Crippen LogP contribution is 2.24. The minimum Gasteiger partial charge on any atom is -0.326 e. The van der Waals surface area contributed by atoms with Crippen LogP contribution in [-0.2, 0) is 14.4 Å². The lowest BCUT2D eigenvalue weighted by atomic mass is 9.88. The number of rotatable bonds is 2. The Morgan fingerprint density at radius 1 is 1.20 bits per heavy atom. The average molecular weight is 211 g/mol. The Labute approximate surface area is 89.6 Å². The summed E-state index contributed by atoms with van der Waals surface area (Å²) in [6.07, 6.45) is 1.80. The number of amides is 1. The third kappa shape index (κ3) is 2.43. The molecule has 4 heteroatoms. The van der Waals surface area contributed by atoms with Gasteiger partial charge in [-0.15, -0.1) is 0 Å². The zero-order valence-electron chi connectivity index (χ0n) is 9.45. The molecule has 0 aliphatic carbocycles. The van der Waals surface area contributed by atoms with Crippen LogP contribution >= 0.6 is 0 Å². The van der Waals surface area contributed by atoms with Crippen molar-refractivity contribution >= 4 is 17.5 Å². The molecule has 0 bridgehead atoms. The standard InChI is InChI=1S/C11H17NO3/c1-7-5-4-6-12(10(7)8(2)13)11(15)9(3)14/h7,10H,4-6H2,1-3H3. The van der Waals surface area contributed by atoms with Crippen molar-refractivity contribution in [1.82, 2.24) is 4.90 Å². The summed E-state index contributed by atoms with van der Waals surface area (Å²) in [5.74, 6) is -0.895. The van der Waals surface area contributed by atoms with E-state index in [9.17, 15) is 14.4 Å². The summed E-state index contributed by atoms with van der Waals surface area (Å²) in [6.45, 7) is 5.20. The number of hydrogen-bond acceptors (Lipinski definition) is 3. The van der Waals surface area contributed by atoms with Crippen molar-refractivity contribution in [3.63, 3.8) is 0 Å². The zero-order valence-corrected chi connectivity index (χ0v) is 9.45. The number of piperidine rings is 1. The van der Waals surface area contributed by atoms with Crippen LogP contribution in [0.2, 0.25) is 0 Å². The van der Waals surface area contributed by atoms with Gasteiger partial charge in [0.2, 0.25) is 5.78 Å². The Morgan fingerprint density at radius 3 is 2.27 bits per heavy atom. The Morgan fingerprint density at radius 2 is 1.80 bits per heavy atom. The molecule has 0 N–H and O–H groups in total. The Balaban J connectivity index is 2.89. The first-order valence-corrected chi connectivity index (χ1v) is 5.27. The average Bonchev–Trinajstić information content (AvgIpc) is 2.15. The molecule has 84 valence electrons. The maximum absolute atomic E-state index is 11.6. The fourth-order valence-electron chi connectivity index (χ4n) is 2.24. The highest BCUT2D eigenvalue weighted by molar-refractivity contribution is 6.35. The van der Waals surface area contributed by atoms with Crippen LogP contribution in [0.5, 0.6) is 0 Å². The van der Waals surface area contributed by atoms with Crippen molar-refractivity contribution in [2.24, 2.45) is 5.92 Å². The largest absolute Gasteiger partial charge is 0.326 e. The van der Waals surface area contributed by atoms with Crippen LogP contribution in [0.3, 0.4) is 0 Å². The summed E-state index contributed by atoms with van der Waals surface area (Å²) < 4.78 is 0. The smallest absolute Gasteiger partial charge is 0.290 e. The molecule has 1 aliphatic heterocycles. The highest BCUT2D eigenvalue weighted by Gasteiger charge is 2.35. The molecule has 0 aromatic carbocycles. The van der Waals surface area contributed by atoms with E-state index in [0.717, 1.165) is 12.8 Å². The molecule has 4 nitrogen and oxygen atoms in total. The Bertz CT molecular complexity index is 298. The normalized spacial score (nSPS) is 26.2. The molecule has 0 saturated carbocycles. The van der Waals surface area contributed by atoms with Crippen LogP contribution in [0.15, 0.2) is 0 Å². The van der Waals surface area contributed by atoms with Gasteiger partial charge in [-0.1, -0.05) is 6.92 Å². The van der Waals surface area contributed by atoms with Gasteiger partial charge in [0.15, 0.2) is 5.78 Å². The van der Waals surface area contributed by atoms with Crippen molar-refractivity contribution in [1.29, 1.82) is 0 Å². The molecular weight excluding hydrogens is 194 g/mol. The second-order valence-electron chi connectivity index (χ2n) is 4.23. The molecule has 1 saturated heterocycles. The van der Waals surface area contributed by atoms with Crippen LogP contribution in [0.25, 0.3) is 0 Å². The molecule has 2 atom stereocenters. The van der Waals surface area contributed by atoms with E-state index >= 15 is 0 Å². The summed E-state index contributed by atoms with van der Waals surface area (Å²) in [5.41, 5.74) is 0. The van der Waals surface area contributed by atoms with E-state index in [4.69, 9.17) is 0 Å². The van der Waals surface area contributed by atoms with Crippen molar-refractivity contribution in [3.05, 3.63) is 0 Å². The SMILES string of the molecule is CC(=O)C(=O)N1CCCC(C)C1C(C)=O. The van der Waals surface area contributed by atoms with Gasteiger partial charge in [0.25, 0.3) is 5.91 Å². The molecule has 0 aromatic heterocycles. The summed E-state index contributed by atoms with van der Waals surface area (Å²) in [6, 6.07) is -0.407. The molecule has 1 amide bonds. The fourth-order valence-corrected chi connectivity index (χ4v) is 2.24. The third-order valence-electron chi connectivity index (χ3n) is 2.91. The fraction of sp³-hybridized carbons (Fsp3) is 0.727. The molecule has 1 fully saturated rings. The first-order valence-electron chi connectivity index (χ1n) is 5.27. The van der Waals surface area contributed by atoms with Gasteiger partial charge in [-0.3, -0.25) is 14.4 Å². The van der Waals surface area contributed by atoms with Crippen molar-refractivity contribution in [2.45, 2.75) is 39.7 Å². The molecule has 0 radical (unpaired) electrons. The molecular formula is C11H17NO3. The van der Waals surface area contributed by atoms with E-state index < -0.39 is 17.7 Å². The maximum atomic E-state index is 11.6. The minimum absolute atomic E-state index is 0.0307. The second-order valence-corrected chi connectivity index (χ2v) is 4.23. The van der Waals surface area contributed by atoms with E-state index in [-0.39, 0.29) is 11.7 Å². The number of carbonyl (C=O) groups excluding carboxylic acids is 3. The van der Waals surface area contributed by atoms with Gasteiger partial charge in [0.1, 0.15) is 0 Å². The lowest BCUT2D eigenvalue weighted by Gasteiger charge is -2.37. The van der Waals surface area contributed by atoms with E-state index in [1.807, 2.05) is 6.92 Å². The molecule has 1 rings (SSSR count). The van der Waals surface area contributed by atoms with Crippen molar-refractivity contribution < 1.29 is 14.4 Å². The lowest BCUT2D eigenvalue weighted by molar-refractivity contribution is -0.149. The van der Waals surface area contributed by atoms with E-state index in [1.54, 1.807) is 0 Å². The minimum atomic E-state index is -0.526. The van der Waals surface area contributed by atoms with Gasteiger partial charge in [-0.2, -0.15) is 0 Å². The van der Waals surface area contributed by atoms with E-state index in [0.29, 0.717) is 6.54 Å². The summed E-state index contributed by atoms with van der Waals surface area (Å²) in [5, 5.41) is 0. The first-order chi connectivity index (χ1) is 6.95. The van der Waals surface area contributed by atoms with Gasteiger partial charge in [0.05, 0.1) is 6.04 Å². The number of carbonyl (C=O) groups is 3. The quantitative estimate of drug-likeness (QED) is 0.634. The van der Waals surface area contributed by atoms with Crippen molar-refractivity contribution in [3.8, 4) is 0 Å². The predicted molar refractivity (Wildman–Crippen MR) is 55.3 cm³/mol. The van der Waals surface area contributed by atoms with Crippen LogP contribution in [-0.4, -0.2) is 35.0 Å². The first kappa shape index (κ1) is 11.9. The van der Waals surface area contributed by atoms with Crippen LogP contribution in [0.4, 0.5) is 0 Å². The summed E-state index contributed by atoms with van der Waals surface area (Å²) >= 11 is 0. The number of ketones is 2. The number of nitrogens with zero attached hydrogens (tertiary/aromatic N) is 1. The van der Waals surface area contributed by atoms with E-state index in [1.165, 1.54) is 18.7 Å². The topological polar surface area (TPSA) is 54.5 Å². The molecule has 0 aromatic rings. The molecule has 2 unspecified atom stereocenters. The van der Waals surface area contributed by atoms with Crippen molar-refractivity contribution in [2.75, 3.05) is 6.54 Å². The van der Waals surface area contributed by atoms with Gasteiger partial charge in [-0.05, 0) is 25.7 Å². The third-order valence-corrected chi connectivity index (χ3v) is 2.91. The Hall–Kier alpha value is -1.19. The summed E-state index contributed by atoms with van der Waals surface area (Å²) in [7, 11) is 0. The lowest BCUT2D eigenvalue weighted by Crippen LogP contribution is -2.52. The van der Waals surface area contributed by atoms with E-state index in [2.05, 4.69) is 0 Å².